The van der Waals surface area contributed by atoms with Crippen molar-refractivity contribution in [3.63, 3.8) is 0 Å². The number of benzene rings is 2. The number of nitrogens with zero attached hydrogens (tertiary/aromatic N) is 4. The largest absolute Gasteiger partial charge is 0.424 e. The highest BCUT2D eigenvalue weighted by Crippen LogP contribution is 2.49. The van der Waals surface area contributed by atoms with Crippen LogP contribution in [-0.4, -0.2) is 39.5 Å². The molecule has 0 saturated carbocycles. The predicted octanol–water partition coefficient (Wildman–Crippen LogP) is 9.22. The van der Waals surface area contributed by atoms with Gasteiger partial charge in [0.25, 0.3) is 5.69 Å². The highest BCUT2D eigenvalue weighted by molar-refractivity contribution is 7.54. The maximum absolute atomic E-state index is 13.4. The lowest BCUT2D eigenvalue weighted by molar-refractivity contribution is -0.384. The second kappa shape index (κ2) is 19.0. The molecule has 0 radical (unpaired) electrons. The first-order chi connectivity index (χ1) is 21.3. The third-order valence-corrected chi connectivity index (χ3v) is 9.27. The Morgan fingerprint density at radius 3 is 2.02 bits per heavy atom. The summed E-state index contributed by atoms with van der Waals surface area (Å²) in [7, 11) is -3.34. The van der Waals surface area contributed by atoms with E-state index in [1.165, 1.54) is 49.6 Å². The molecule has 13 nitrogen and oxygen atoms in total. The number of nitro benzene ring substituents is 2. The summed E-state index contributed by atoms with van der Waals surface area (Å²) in [4.78, 5) is 21.0. The van der Waals surface area contributed by atoms with E-state index < -0.39 is 17.4 Å². The fraction of sp³-hybridized carbons (Fsp3) is 0.600. The highest BCUT2D eigenvalue weighted by Gasteiger charge is 2.26. The van der Waals surface area contributed by atoms with Crippen LogP contribution in [0.1, 0.15) is 96.8 Å². The number of hydrogen-bond donors (Lipinski definition) is 1. The number of fused-ring (bicyclic) bond motifs is 1. The number of hydrogen-bond acceptors (Lipinski definition) is 11. The lowest BCUT2D eigenvalue weighted by Gasteiger charge is -2.19. The Morgan fingerprint density at radius 2 is 1.39 bits per heavy atom. The van der Waals surface area contributed by atoms with Crippen molar-refractivity contribution >= 4 is 35.7 Å². The molecule has 1 unspecified atom stereocenters. The SMILES string of the molecule is CCCCCCP(=O)(OCCCCCCCCCCCCNc1ccc([N+](=O)[O-])c2nonc12)Oc1ccc([N+](=O)[O-])cc1. The number of rotatable bonds is 24. The molecule has 1 N–H and O–H groups in total. The van der Waals surface area contributed by atoms with Gasteiger partial charge in [-0.2, -0.15) is 0 Å². The van der Waals surface area contributed by atoms with Crippen LogP contribution in [0.15, 0.2) is 41.0 Å². The van der Waals surface area contributed by atoms with Crippen LogP contribution in [0.5, 0.6) is 5.75 Å². The van der Waals surface area contributed by atoms with Gasteiger partial charge in [0, 0.05) is 24.7 Å². The van der Waals surface area contributed by atoms with E-state index in [4.69, 9.17) is 13.7 Å². The topological polar surface area (TPSA) is 173 Å². The lowest BCUT2D eigenvalue weighted by Crippen LogP contribution is -2.04. The predicted molar refractivity (Wildman–Crippen MR) is 169 cm³/mol. The van der Waals surface area contributed by atoms with Crippen LogP contribution in [0.25, 0.3) is 11.0 Å². The van der Waals surface area contributed by atoms with Gasteiger partial charge in [0.15, 0.2) is 5.52 Å². The quantitative estimate of drug-likeness (QED) is 0.0431. The molecule has 0 aliphatic rings. The number of anilines is 1. The molecule has 3 rings (SSSR count). The van der Waals surface area contributed by atoms with Crippen molar-refractivity contribution in [2.24, 2.45) is 0 Å². The summed E-state index contributed by atoms with van der Waals surface area (Å²) in [6.07, 6.45) is 15.0. The Kier molecular flexibility index (Phi) is 15.0. The summed E-state index contributed by atoms with van der Waals surface area (Å²) in [5.41, 5.74) is 1.05. The Morgan fingerprint density at radius 1 is 0.773 bits per heavy atom. The van der Waals surface area contributed by atoms with E-state index in [2.05, 4.69) is 22.6 Å². The first-order valence-electron chi connectivity index (χ1n) is 15.6. The minimum Gasteiger partial charge on any atom is -0.424 e. The van der Waals surface area contributed by atoms with E-state index in [1.54, 1.807) is 6.07 Å². The fourth-order valence-electron chi connectivity index (χ4n) is 4.87. The van der Waals surface area contributed by atoms with Gasteiger partial charge in [0.2, 0.25) is 5.52 Å². The van der Waals surface area contributed by atoms with Gasteiger partial charge in [0.05, 0.1) is 28.3 Å². The Bertz CT molecular complexity index is 1350. The number of unbranched alkanes of at least 4 members (excludes halogenated alkanes) is 12. The molecular formula is C30H44N5O8P. The molecule has 1 aromatic heterocycles. The van der Waals surface area contributed by atoms with Crippen LogP contribution in [-0.2, 0) is 9.09 Å². The molecular weight excluding hydrogens is 589 g/mol. The van der Waals surface area contributed by atoms with Gasteiger partial charge < -0.3 is 9.84 Å². The maximum atomic E-state index is 13.4. The van der Waals surface area contributed by atoms with Gasteiger partial charge in [0.1, 0.15) is 5.75 Å². The molecule has 1 atom stereocenters. The van der Waals surface area contributed by atoms with Crippen LogP contribution in [0, 0.1) is 20.2 Å². The zero-order chi connectivity index (χ0) is 31.6. The van der Waals surface area contributed by atoms with E-state index in [0.29, 0.717) is 29.7 Å². The second-order valence-electron chi connectivity index (χ2n) is 10.9. The molecule has 0 aliphatic heterocycles. The van der Waals surface area contributed by atoms with Crippen LogP contribution in [0.4, 0.5) is 17.1 Å². The standard InChI is InChI=1S/C30H44N5O8P/c1-2-3-4-15-24-44(40,42-26-18-16-25(17-19-26)34(36)37)41-23-14-12-10-8-6-5-7-9-11-13-22-31-27-20-21-28(35(38)39)30-29(27)32-43-33-30/h16-21,31H,2-15,22-24H2,1H3. The van der Waals surface area contributed by atoms with Gasteiger partial charge in [-0.15, -0.1) is 0 Å². The minimum absolute atomic E-state index is 0.0436. The number of nitro groups is 2. The molecule has 0 bridgehead atoms. The molecule has 2 aromatic carbocycles. The third kappa shape index (κ3) is 11.8. The van der Waals surface area contributed by atoms with Gasteiger partial charge in [-0.1, -0.05) is 77.6 Å². The van der Waals surface area contributed by atoms with E-state index in [-0.39, 0.29) is 16.9 Å². The maximum Gasteiger partial charge on any atom is 0.379 e. The van der Waals surface area contributed by atoms with Gasteiger partial charge in [-0.3, -0.25) is 24.8 Å². The fourth-order valence-corrected chi connectivity index (χ4v) is 6.60. The van der Waals surface area contributed by atoms with E-state index in [9.17, 15) is 24.8 Å². The van der Waals surface area contributed by atoms with E-state index in [0.717, 1.165) is 77.2 Å². The second-order valence-corrected chi connectivity index (χ2v) is 13.0. The first kappa shape index (κ1) is 34.9. The molecule has 14 heteroatoms. The van der Waals surface area contributed by atoms with Crippen LogP contribution < -0.4 is 9.84 Å². The molecule has 0 aliphatic carbocycles. The molecule has 1 heterocycles. The summed E-state index contributed by atoms with van der Waals surface area (Å²) in [5.74, 6) is 0.320. The molecule has 3 aromatic rings. The smallest absolute Gasteiger partial charge is 0.379 e. The summed E-state index contributed by atoms with van der Waals surface area (Å²) >= 11 is 0. The normalized spacial score (nSPS) is 12.7. The Hall–Kier alpha value is -3.57. The van der Waals surface area contributed by atoms with Crippen LogP contribution >= 0.6 is 7.60 Å². The van der Waals surface area contributed by atoms with Gasteiger partial charge in [-0.05, 0) is 47.8 Å². The van der Waals surface area contributed by atoms with Crippen molar-refractivity contribution in [3.8, 4) is 5.75 Å². The van der Waals surface area contributed by atoms with E-state index in [1.807, 2.05) is 0 Å². The number of nitrogens with one attached hydrogen (secondary N) is 1. The molecule has 242 valence electrons. The average molecular weight is 634 g/mol. The molecule has 44 heavy (non-hydrogen) atoms. The number of aromatic nitrogens is 2. The summed E-state index contributed by atoms with van der Waals surface area (Å²) in [5, 5.41) is 32.7. The van der Waals surface area contributed by atoms with Crippen molar-refractivity contribution in [2.45, 2.75) is 96.8 Å². The highest BCUT2D eigenvalue weighted by atomic mass is 31.2. The zero-order valence-corrected chi connectivity index (χ0v) is 26.4. The van der Waals surface area contributed by atoms with Crippen molar-refractivity contribution in [1.82, 2.24) is 10.3 Å². The molecule has 0 amide bonds. The molecule has 0 saturated heterocycles. The third-order valence-electron chi connectivity index (χ3n) is 7.34. The average Bonchev–Trinajstić information content (AvgIpc) is 3.50. The summed E-state index contributed by atoms with van der Waals surface area (Å²) in [6.45, 7) is 3.22. The van der Waals surface area contributed by atoms with Crippen molar-refractivity contribution < 1.29 is 28.1 Å². The minimum atomic E-state index is -3.34. The number of non-ortho nitro benzene ring substituents is 2. The van der Waals surface area contributed by atoms with Crippen molar-refractivity contribution in [2.75, 3.05) is 24.6 Å². The molecule has 0 spiro atoms. The zero-order valence-electron chi connectivity index (χ0n) is 25.5. The van der Waals surface area contributed by atoms with Crippen molar-refractivity contribution in [1.29, 1.82) is 0 Å². The Labute approximate surface area is 257 Å². The molecule has 0 fully saturated rings. The Balaban J connectivity index is 1.23. The van der Waals surface area contributed by atoms with Crippen LogP contribution in [0.3, 0.4) is 0 Å². The monoisotopic (exact) mass is 633 g/mol. The summed E-state index contributed by atoms with van der Waals surface area (Å²) < 4.78 is 29.6. The first-order valence-corrected chi connectivity index (χ1v) is 17.4. The van der Waals surface area contributed by atoms with Gasteiger partial charge in [-0.25, -0.2) is 9.19 Å². The lowest BCUT2D eigenvalue weighted by atomic mass is 10.1. The van der Waals surface area contributed by atoms with Gasteiger partial charge >= 0.3 is 13.3 Å². The van der Waals surface area contributed by atoms with E-state index >= 15 is 0 Å². The van der Waals surface area contributed by atoms with Crippen molar-refractivity contribution in [3.05, 3.63) is 56.6 Å². The van der Waals surface area contributed by atoms with Crippen LogP contribution in [0.2, 0.25) is 0 Å². The summed E-state index contributed by atoms with van der Waals surface area (Å²) in [6, 6.07) is 8.66.